The fourth-order valence-electron chi connectivity index (χ4n) is 3.36. The van der Waals surface area contributed by atoms with Gasteiger partial charge in [-0.3, -0.25) is 14.3 Å². The zero-order valence-electron chi connectivity index (χ0n) is 14.7. The van der Waals surface area contributed by atoms with Gasteiger partial charge in [-0.1, -0.05) is 24.4 Å². The molecule has 3 heterocycles. The van der Waals surface area contributed by atoms with Crippen LogP contribution in [0.3, 0.4) is 0 Å². The third kappa shape index (κ3) is 2.66. The van der Waals surface area contributed by atoms with E-state index in [0.717, 1.165) is 31.6 Å². The lowest BCUT2D eigenvalue weighted by Gasteiger charge is -2.17. The van der Waals surface area contributed by atoms with E-state index in [9.17, 15) is 4.79 Å². The molecule has 0 amide bonds. The fourth-order valence-corrected chi connectivity index (χ4v) is 3.78. The molecular formula is C18H19N5O2S. The minimum atomic E-state index is -0.266. The number of rotatable bonds is 3. The largest absolute Gasteiger partial charge is 0.495 e. The Bertz CT molecular complexity index is 1100. The van der Waals surface area contributed by atoms with Gasteiger partial charge in [0.1, 0.15) is 21.6 Å². The average Bonchev–Trinajstić information content (AvgIpc) is 3.16. The number of fused-ring (bicyclic) bond motifs is 1. The van der Waals surface area contributed by atoms with Crippen molar-refractivity contribution in [3.63, 3.8) is 0 Å². The lowest BCUT2D eigenvalue weighted by atomic mass is 10.2. The molecule has 0 unspecified atom stereocenters. The highest BCUT2D eigenvalue weighted by atomic mass is 32.1. The predicted molar refractivity (Wildman–Crippen MR) is 103 cm³/mol. The number of methoxy groups -OCH3 is 1. The number of hydrogen-bond acceptors (Lipinski definition) is 6. The summed E-state index contributed by atoms with van der Waals surface area (Å²) in [6.07, 6.45) is 2.20. The Labute approximate surface area is 155 Å². The number of nitrogens with zero attached hydrogens (tertiary/aromatic N) is 4. The number of nitrogens with one attached hydrogen (secondary N) is 1. The van der Waals surface area contributed by atoms with Crippen LogP contribution in [0, 0.1) is 11.6 Å². The van der Waals surface area contributed by atoms with Gasteiger partial charge in [0.05, 0.1) is 12.8 Å². The van der Waals surface area contributed by atoms with Gasteiger partial charge in [0.15, 0.2) is 5.65 Å². The summed E-state index contributed by atoms with van der Waals surface area (Å²) in [5.74, 6) is 1.87. The zero-order chi connectivity index (χ0) is 18.3. The van der Waals surface area contributed by atoms with Crippen molar-refractivity contribution in [2.45, 2.75) is 19.8 Å². The summed E-state index contributed by atoms with van der Waals surface area (Å²) in [6, 6.07) is 7.50. The second kappa shape index (κ2) is 6.53. The molecule has 0 saturated carbocycles. The molecule has 1 saturated heterocycles. The molecule has 0 spiro atoms. The maximum atomic E-state index is 12.8. The van der Waals surface area contributed by atoms with E-state index < -0.39 is 0 Å². The first-order valence-electron chi connectivity index (χ1n) is 8.52. The van der Waals surface area contributed by atoms with Gasteiger partial charge in [-0.25, -0.2) is 4.98 Å². The number of ether oxygens (including phenoxy) is 1. The van der Waals surface area contributed by atoms with Crippen molar-refractivity contribution in [3.05, 3.63) is 45.1 Å². The van der Waals surface area contributed by atoms with Crippen molar-refractivity contribution in [1.82, 2.24) is 19.5 Å². The van der Waals surface area contributed by atoms with Crippen LogP contribution in [0.15, 0.2) is 29.1 Å². The van der Waals surface area contributed by atoms with Gasteiger partial charge in [0.25, 0.3) is 5.56 Å². The minimum Gasteiger partial charge on any atom is -0.495 e. The molecular weight excluding hydrogens is 350 g/mol. The van der Waals surface area contributed by atoms with Crippen molar-refractivity contribution in [2.75, 3.05) is 25.1 Å². The number of benzene rings is 1. The molecule has 134 valence electrons. The van der Waals surface area contributed by atoms with Crippen LogP contribution in [0.2, 0.25) is 0 Å². The van der Waals surface area contributed by atoms with Crippen molar-refractivity contribution in [3.8, 4) is 11.4 Å². The number of hydrogen-bond donors (Lipinski definition) is 1. The quantitative estimate of drug-likeness (QED) is 0.716. The summed E-state index contributed by atoms with van der Waals surface area (Å²) in [4.78, 5) is 26.8. The molecule has 0 atom stereocenters. The Balaban J connectivity index is 1.98. The summed E-state index contributed by atoms with van der Waals surface area (Å²) in [6.45, 7) is 3.63. The standard InChI is InChI=1S/C18H19N5O2S/c1-11-19-15-14(16(24)21-18(20-15)22-9-5-6-10-22)17(26)23(11)12-7-3-4-8-13(12)25-2/h3-4,7-8H,5-6,9-10H2,1-2H3,(H,20,21,24). The molecule has 1 N–H and O–H groups in total. The predicted octanol–water partition coefficient (Wildman–Crippen LogP) is 2.76. The van der Waals surface area contributed by atoms with Gasteiger partial charge in [0.2, 0.25) is 5.95 Å². The van der Waals surface area contributed by atoms with E-state index in [2.05, 4.69) is 19.9 Å². The first kappa shape index (κ1) is 16.7. The van der Waals surface area contributed by atoms with Gasteiger partial charge in [-0.2, -0.15) is 4.98 Å². The Morgan fingerprint density at radius 1 is 1.19 bits per heavy atom. The van der Waals surface area contributed by atoms with Crippen LogP contribution in [-0.2, 0) is 0 Å². The third-order valence-electron chi connectivity index (χ3n) is 4.63. The maximum absolute atomic E-state index is 12.8. The number of aromatic amines is 1. The smallest absolute Gasteiger partial charge is 0.264 e. The minimum absolute atomic E-state index is 0.266. The number of aryl methyl sites for hydroxylation is 1. The summed E-state index contributed by atoms with van der Waals surface area (Å²) in [5, 5.41) is 0.319. The molecule has 2 aromatic heterocycles. The number of H-pyrrole nitrogens is 1. The summed E-state index contributed by atoms with van der Waals surface area (Å²) >= 11 is 5.63. The molecule has 8 heteroatoms. The molecule has 1 aliphatic heterocycles. The van der Waals surface area contributed by atoms with E-state index in [-0.39, 0.29) is 5.56 Å². The van der Waals surface area contributed by atoms with E-state index in [1.54, 1.807) is 11.7 Å². The molecule has 7 nitrogen and oxygen atoms in total. The van der Waals surface area contributed by atoms with Crippen molar-refractivity contribution < 1.29 is 4.74 Å². The van der Waals surface area contributed by atoms with Crippen LogP contribution in [0.4, 0.5) is 5.95 Å². The highest BCUT2D eigenvalue weighted by Crippen LogP contribution is 2.25. The Hall–Kier alpha value is -2.74. The third-order valence-corrected chi connectivity index (χ3v) is 5.01. The van der Waals surface area contributed by atoms with Gasteiger partial charge < -0.3 is 9.64 Å². The summed E-state index contributed by atoms with van der Waals surface area (Å²) in [5.41, 5.74) is 0.859. The summed E-state index contributed by atoms with van der Waals surface area (Å²) in [7, 11) is 1.60. The second-order valence-corrected chi connectivity index (χ2v) is 6.64. The fraction of sp³-hybridized carbons (Fsp3) is 0.333. The van der Waals surface area contributed by atoms with Crippen molar-refractivity contribution >= 4 is 29.2 Å². The van der Waals surface area contributed by atoms with Gasteiger partial charge in [-0.05, 0) is 31.9 Å². The normalized spacial score (nSPS) is 14.2. The molecule has 1 aliphatic rings. The Morgan fingerprint density at radius 3 is 2.65 bits per heavy atom. The summed E-state index contributed by atoms with van der Waals surface area (Å²) < 4.78 is 7.56. The number of para-hydroxylation sites is 2. The van der Waals surface area contributed by atoms with Crippen LogP contribution < -0.4 is 15.2 Å². The topological polar surface area (TPSA) is 76.0 Å². The van der Waals surface area contributed by atoms with E-state index in [1.807, 2.05) is 31.2 Å². The molecule has 0 radical (unpaired) electrons. The van der Waals surface area contributed by atoms with Crippen LogP contribution in [-0.4, -0.2) is 39.7 Å². The maximum Gasteiger partial charge on any atom is 0.264 e. The van der Waals surface area contributed by atoms with E-state index in [1.165, 1.54) is 0 Å². The van der Waals surface area contributed by atoms with Crippen LogP contribution in [0.25, 0.3) is 16.7 Å². The zero-order valence-corrected chi connectivity index (χ0v) is 15.5. The van der Waals surface area contributed by atoms with Gasteiger partial charge in [0, 0.05) is 13.1 Å². The van der Waals surface area contributed by atoms with Crippen LogP contribution in [0.1, 0.15) is 18.7 Å². The van der Waals surface area contributed by atoms with E-state index in [4.69, 9.17) is 17.0 Å². The van der Waals surface area contributed by atoms with Crippen molar-refractivity contribution in [1.29, 1.82) is 0 Å². The Kier molecular flexibility index (Phi) is 4.20. The number of anilines is 1. The molecule has 26 heavy (non-hydrogen) atoms. The average molecular weight is 369 g/mol. The lowest BCUT2D eigenvalue weighted by molar-refractivity contribution is 0.412. The first-order chi connectivity index (χ1) is 12.6. The molecule has 1 fully saturated rings. The van der Waals surface area contributed by atoms with Gasteiger partial charge in [-0.15, -0.1) is 0 Å². The van der Waals surface area contributed by atoms with Crippen LogP contribution in [0.5, 0.6) is 5.75 Å². The molecule has 0 aliphatic carbocycles. The highest BCUT2D eigenvalue weighted by Gasteiger charge is 2.19. The molecule has 0 bridgehead atoms. The first-order valence-corrected chi connectivity index (χ1v) is 8.93. The highest BCUT2D eigenvalue weighted by molar-refractivity contribution is 7.71. The monoisotopic (exact) mass is 369 g/mol. The SMILES string of the molecule is COc1ccccc1-n1c(C)nc2nc(N3CCCC3)[nH]c(=O)c2c1=S. The van der Waals surface area contributed by atoms with Crippen molar-refractivity contribution in [2.24, 2.45) is 0 Å². The van der Waals surface area contributed by atoms with Crippen LogP contribution >= 0.6 is 12.2 Å². The van der Waals surface area contributed by atoms with Gasteiger partial charge >= 0.3 is 0 Å². The molecule has 3 aromatic rings. The molecule has 4 rings (SSSR count). The second-order valence-electron chi connectivity index (χ2n) is 6.25. The van der Waals surface area contributed by atoms with E-state index in [0.29, 0.717) is 33.2 Å². The van der Waals surface area contributed by atoms with E-state index >= 15 is 0 Å². The number of aromatic nitrogens is 4. The molecule has 1 aromatic carbocycles. The lowest BCUT2D eigenvalue weighted by Crippen LogP contribution is -2.25. The Morgan fingerprint density at radius 2 is 1.92 bits per heavy atom.